The second kappa shape index (κ2) is 13.3. The number of phenolic OH excluding ortho intramolecular Hbond substituents is 1. The van der Waals surface area contributed by atoms with Gasteiger partial charge in [-0.25, -0.2) is 4.79 Å². The predicted octanol–water partition coefficient (Wildman–Crippen LogP) is 7.23. The smallest absolute Gasteiger partial charge is 0.412 e. The minimum Gasteiger partial charge on any atom is -0.507 e. The number of hydrogen-bond donors (Lipinski definition) is 4. The summed E-state index contributed by atoms with van der Waals surface area (Å²) in [7, 11) is 0. The first-order valence-electron chi connectivity index (χ1n) is 13.3. The third-order valence-corrected chi connectivity index (χ3v) is 6.81. The summed E-state index contributed by atoms with van der Waals surface area (Å²) in [5.74, 6) is -0.365. The lowest BCUT2D eigenvalue weighted by molar-refractivity contribution is -0.111. The largest absolute Gasteiger partial charge is 0.507 e. The van der Waals surface area contributed by atoms with Gasteiger partial charge in [-0.1, -0.05) is 55.5 Å². The number of fused-ring (bicyclic) bond motifs is 1. The van der Waals surface area contributed by atoms with Crippen molar-refractivity contribution in [1.29, 1.82) is 0 Å². The standard InChI is InChI=1S/C33H33N3O5/c1-21(9-3-8-14-31(39)36-29-13-7-6-12-28(29)34)32(27-19-20-30(38)26-11-5-4-10-25(26)27)41-33(40)35-24-17-15-23(16-18-24)22(2)37/h4-8,10-21,32,38H,3,9,34H2,1-2H3,(H,35,40)(H,36,39)/b14-8+/t21-,32-/m1/s1. The molecular weight excluding hydrogens is 518 g/mol. The summed E-state index contributed by atoms with van der Waals surface area (Å²) in [5, 5.41) is 17.3. The van der Waals surface area contributed by atoms with Gasteiger partial charge < -0.3 is 20.9 Å². The van der Waals surface area contributed by atoms with E-state index in [4.69, 9.17) is 10.5 Å². The lowest BCUT2D eigenvalue weighted by atomic mass is 9.89. The molecule has 8 nitrogen and oxygen atoms in total. The van der Waals surface area contributed by atoms with Crippen molar-refractivity contribution in [1.82, 2.24) is 0 Å². The molecule has 0 radical (unpaired) electrons. The average Bonchev–Trinajstić information content (AvgIpc) is 2.96. The first-order chi connectivity index (χ1) is 19.7. The lowest BCUT2D eigenvalue weighted by Gasteiger charge is -2.26. The predicted molar refractivity (Wildman–Crippen MR) is 162 cm³/mol. The number of phenols is 1. The van der Waals surface area contributed by atoms with Crippen LogP contribution in [0, 0.1) is 5.92 Å². The molecule has 4 aromatic carbocycles. The Morgan fingerprint density at radius 3 is 2.29 bits per heavy atom. The van der Waals surface area contributed by atoms with Crippen molar-refractivity contribution in [3.05, 3.63) is 108 Å². The molecule has 0 heterocycles. The van der Waals surface area contributed by atoms with E-state index in [-0.39, 0.29) is 23.4 Å². The Morgan fingerprint density at radius 1 is 0.902 bits per heavy atom. The number of ether oxygens (including phenoxy) is 1. The number of Topliss-reactive ketones (excluding diaryl/α,β-unsaturated/α-hetero) is 1. The Balaban J connectivity index is 1.49. The minimum atomic E-state index is -0.650. The number of carbonyl (C=O) groups is 3. The van der Waals surface area contributed by atoms with E-state index in [0.717, 1.165) is 10.9 Å². The number of hydrogen-bond acceptors (Lipinski definition) is 6. The fraction of sp³-hybridized carbons (Fsp3) is 0.182. The zero-order valence-electron chi connectivity index (χ0n) is 23.0. The Kier molecular flexibility index (Phi) is 9.37. The molecule has 0 spiro atoms. The summed E-state index contributed by atoms with van der Waals surface area (Å²) in [6, 6.07) is 24.4. The Morgan fingerprint density at radius 2 is 1.59 bits per heavy atom. The topological polar surface area (TPSA) is 131 Å². The SMILES string of the molecule is CC(=O)c1ccc(NC(=O)O[C@@H](c2ccc(O)c3ccccc23)[C@H](C)CC/C=C/C(=O)Nc2ccccc2N)cc1. The molecule has 0 saturated carbocycles. The van der Waals surface area contributed by atoms with Crippen LogP contribution in [0.3, 0.4) is 0 Å². The van der Waals surface area contributed by atoms with Crippen LogP contribution in [0.25, 0.3) is 10.8 Å². The van der Waals surface area contributed by atoms with Crippen LogP contribution in [-0.2, 0) is 9.53 Å². The van der Waals surface area contributed by atoms with Gasteiger partial charge in [0.25, 0.3) is 0 Å². The van der Waals surface area contributed by atoms with Gasteiger partial charge in [-0.3, -0.25) is 14.9 Å². The van der Waals surface area contributed by atoms with E-state index in [1.54, 1.807) is 66.7 Å². The number of carbonyl (C=O) groups excluding carboxylic acids is 3. The van der Waals surface area contributed by atoms with Gasteiger partial charge >= 0.3 is 6.09 Å². The summed E-state index contributed by atoms with van der Waals surface area (Å²) >= 11 is 0. The number of allylic oxidation sites excluding steroid dienone is 1. The van der Waals surface area contributed by atoms with Gasteiger partial charge in [-0.05, 0) is 79.6 Å². The van der Waals surface area contributed by atoms with Gasteiger partial charge in [0.1, 0.15) is 11.9 Å². The van der Waals surface area contributed by atoms with Crippen molar-refractivity contribution in [3.8, 4) is 5.75 Å². The average molecular weight is 552 g/mol. The summed E-state index contributed by atoms with van der Waals surface area (Å²) < 4.78 is 5.98. The maximum atomic E-state index is 13.0. The highest BCUT2D eigenvalue weighted by molar-refractivity contribution is 6.01. The van der Waals surface area contributed by atoms with Crippen LogP contribution in [0.15, 0.2) is 97.1 Å². The third kappa shape index (κ3) is 7.51. The van der Waals surface area contributed by atoms with Crippen LogP contribution in [0.1, 0.15) is 48.7 Å². The number of anilines is 3. The molecule has 4 aromatic rings. The van der Waals surface area contributed by atoms with Crippen LogP contribution in [-0.4, -0.2) is 22.9 Å². The van der Waals surface area contributed by atoms with Gasteiger partial charge in [0.05, 0.1) is 11.4 Å². The Hall–Kier alpha value is -5.11. The number of nitrogens with one attached hydrogen (secondary N) is 2. The van der Waals surface area contributed by atoms with Gasteiger partial charge in [0, 0.05) is 22.2 Å². The number of nitrogen functional groups attached to an aromatic ring is 1. The summed E-state index contributed by atoms with van der Waals surface area (Å²) in [5.41, 5.74) is 8.72. The summed E-state index contributed by atoms with van der Waals surface area (Å²) in [6.07, 6.45) is 3.10. The number of amides is 2. The maximum absolute atomic E-state index is 13.0. The molecule has 0 aliphatic heterocycles. The van der Waals surface area contributed by atoms with Crippen LogP contribution in [0.5, 0.6) is 5.75 Å². The monoisotopic (exact) mass is 551 g/mol. The van der Waals surface area contributed by atoms with Gasteiger partial charge in [-0.2, -0.15) is 0 Å². The fourth-order valence-electron chi connectivity index (χ4n) is 4.58. The van der Waals surface area contributed by atoms with E-state index < -0.39 is 12.2 Å². The Bertz CT molecular complexity index is 1580. The highest BCUT2D eigenvalue weighted by Crippen LogP contribution is 2.37. The Labute approximate surface area is 238 Å². The molecule has 8 heteroatoms. The van der Waals surface area contributed by atoms with Crippen molar-refractivity contribution in [2.75, 3.05) is 16.4 Å². The zero-order chi connectivity index (χ0) is 29.4. The number of aromatic hydroxyl groups is 1. The van der Waals surface area contributed by atoms with Crippen molar-refractivity contribution in [3.63, 3.8) is 0 Å². The molecule has 0 aliphatic rings. The molecule has 210 valence electrons. The number of benzene rings is 4. The zero-order valence-corrected chi connectivity index (χ0v) is 23.0. The molecular formula is C33H33N3O5. The maximum Gasteiger partial charge on any atom is 0.412 e. The van der Waals surface area contributed by atoms with Gasteiger partial charge in [0.15, 0.2) is 5.78 Å². The van der Waals surface area contributed by atoms with E-state index >= 15 is 0 Å². The quantitative estimate of drug-likeness (QED) is 0.0934. The van der Waals surface area contributed by atoms with E-state index in [2.05, 4.69) is 10.6 Å². The summed E-state index contributed by atoms with van der Waals surface area (Å²) in [6.45, 7) is 3.45. The van der Waals surface area contributed by atoms with E-state index in [0.29, 0.717) is 40.9 Å². The van der Waals surface area contributed by atoms with E-state index in [1.807, 2.05) is 31.2 Å². The molecule has 0 saturated heterocycles. The first-order valence-corrected chi connectivity index (χ1v) is 13.3. The highest BCUT2D eigenvalue weighted by atomic mass is 16.6. The van der Waals surface area contributed by atoms with E-state index in [9.17, 15) is 19.5 Å². The molecule has 0 fully saturated rings. The summed E-state index contributed by atoms with van der Waals surface area (Å²) in [4.78, 5) is 36.9. The number of nitrogens with two attached hydrogens (primary N) is 1. The second-order valence-electron chi connectivity index (χ2n) is 9.84. The second-order valence-corrected chi connectivity index (χ2v) is 9.84. The lowest BCUT2D eigenvalue weighted by Crippen LogP contribution is -2.22. The van der Waals surface area contributed by atoms with Crippen molar-refractivity contribution < 1.29 is 24.2 Å². The molecule has 4 rings (SSSR count). The fourth-order valence-corrected chi connectivity index (χ4v) is 4.58. The van der Waals surface area contributed by atoms with Gasteiger partial charge in [0.2, 0.25) is 5.91 Å². The van der Waals surface area contributed by atoms with Crippen molar-refractivity contribution >= 4 is 45.6 Å². The van der Waals surface area contributed by atoms with Crippen LogP contribution >= 0.6 is 0 Å². The van der Waals surface area contributed by atoms with Crippen molar-refractivity contribution in [2.45, 2.75) is 32.8 Å². The van der Waals surface area contributed by atoms with Crippen LogP contribution in [0.2, 0.25) is 0 Å². The molecule has 0 aliphatic carbocycles. The molecule has 2 atom stereocenters. The minimum absolute atomic E-state index is 0.0667. The molecule has 5 N–H and O–H groups in total. The highest BCUT2D eigenvalue weighted by Gasteiger charge is 2.26. The number of rotatable bonds is 10. The van der Waals surface area contributed by atoms with E-state index in [1.165, 1.54) is 13.0 Å². The van der Waals surface area contributed by atoms with Crippen molar-refractivity contribution in [2.24, 2.45) is 5.92 Å². The third-order valence-electron chi connectivity index (χ3n) is 6.81. The molecule has 0 aromatic heterocycles. The normalized spacial score (nSPS) is 12.5. The van der Waals surface area contributed by atoms with Crippen LogP contribution < -0.4 is 16.4 Å². The van der Waals surface area contributed by atoms with Crippen LogP contribution in [0.4, 0.5) is 21.9 Å². The molecule has 0 unspecified atom stereocenters. The molecule has 0 bridgehead atoms. The molecule has 2 amide bonds. The number of para-hydroxylation sites is 2. The first kappa shape index (κ1) is 28.9. The number of ketones is 1. The van der Waals surface area contributed by atoms with Gasteiger partial charge in [-0.15, -0.1) is 0 Å². The molecule has 41 heavy (non-hydrogen) atoms.